The molecule has 4 fully saturated rings. The van der Waals surface area contributed by atoms with E-state index in [9.17, 15) is 0 Å². The van der Waals surface area contributed by atoms with Crippen molar-refractivity contribution in [2.24, 2.45) is 105 Å². The van der Waals surface area contributed by atoms with Crippen LogP contribution in [0.5, 0.6) is 0 Å². The van der Waals surface area contributed by atoms with E-state index < -0.39 is 0 Å². The van der Waals surface area contributed by atoms with Crippen LogP contribution in [0.4, 0.5) is 0 Å². The third kappa shape index (κ3) is 4.32. The van der Waals surface area contributed by atoms with Gasteiger partial charge in [-0.05, 0) is 130 Å². The van der Waals surface area contributed by atoms with Crippen LogP contribution in [0.15, 0.2) is 0 Å². The Kier molecular flexibility index (Phi) is 7.97. The highest BCUT2D eigenvalue weighted by molar-refractivity contribution is 5.17. The van der Waals surface area contributed by atoms with Crippen molar-refractivity contribution in [1.82, 2.24) is 0 Å². The Morgan fingerprint density at radius 2 is 1.34 bits per heavy atom. The van der Waals surface area contributed by atoms with Gasteiger partial charge in [-0.2, -0.15) is 0 Å². The molecule has 4 saturated carbocycles. The van der Waals surface area contributed by atoms with E-state index in [1.165, 1.54) is 25.7 Å². The maximum Gasteiger partial charge on any atom is -0.0215 e. The first-order valence-corrected chi connectivity index (χ1v) is 17.2. The monoisotopic (exact) mass is 527 g/mol. The van der Waals surface area contributed by atoms with Crippen molar-refractivity contribution in [3.63, 3.8) is 0 Å². The highest BCUT2D eigenvalue weighted by atomic mass is 14.7. The third-order valence-electron chi connectivity index (χ3n) is 15.6. The van der Waals surface area contributed by atoms with Crippen molar-refractivity contribution < 1.29 is 0 Å². The summed E-state index contributed by atoms with van der Waals surface area (Å²) in [7, 11) is 0. The zero-order valence-corrected chi connectivity index (χ0v) is 28.9. The molecule has 0 saturated heterocycles. The lowest BCUT2D eigenvalue weighted by atomic mass is 9.31. The van der Waals surface area contributed by atoms with Crippen molar-refractivity contribution in [1.29, 1.82) is 0 Å². The van der Waals surface area contributed by atoms with Crippen LogP contribution in [-0.2, 0) is 0 Å². The Morgan fingerprint density at radius 3 is 1.84 bits per heavy atom. The summed E-state index contributed by atoms with van der Waals surface area (Å²) in [6.07, 6.45) is 5.88. The van der Waals surface area contributed by atoms with E-state index in [-0.39, 0.29) is 0 Å². The molecule has 38 heavy (non-hydrogen) atoms. The molecule has 0 aromatic heterocycles. The molecule has 222 valence electrons. The van der Waals surface area contributed by atoms with Gasteiger partial charge in [0.1, 0.15) is 0 Å². The maximum atomic E-state index is 2.80. The molecule has 0 heterocycles. The number of hydrogen-bond acceptors (Lipinski definition) is 0. The number of fused-ring (bicyclic) bond motifs is 3. The van der Waals surface area contributed by atoms with Crippen molar-refractivity contribution in [3.8, 4) is 0 Å². The van der Waals surface area contributed by atoms with Crippen molar-refractivity contribution in [3.05, 3.63) is 0 Å². The average Bonchev–Trinajstić information content (AvgIpc) is 2.74. The molecular formula is C38H70. The van der Waals surface area contributed by atoms with Gasteiger partial charge in [0, 0.05) is 0 Å². The van der Waals surface area contributed by atoms with Gasteiger partial charge in [0.2, 0.25) is 0 Å². The highest BCUT2D eigenvalue weighted by Crippen LogP contribution is 2.76. The molecule has 0 spiro atoms. The molecule has 4 aliphatic rings. The molecule has 15 atom stereocenters. The lowest BCUT2D eigenvalue weighted by molar-refractivity contribution is -0.253. The second kappa shape index (κ2) is 9.79. The van der Waals surface area contributed by atoms with Gasteiger partial charge in [-0.25, -0.2) is 0 Å². The summed E-state index contributed by atoms with van der Waals surface area (Å²) in [6.45, 7) is 42.2. The Labute approximate surface area is 240 Å². The molecule has 0 heteroatoms. The largest absolute Gasteiger partial charge is 0.0625 e. The van der Waals surface area contributed by atoms with Crippen LogP contribution in [0, 0.1) is 105 Å². The van der Waals surface area contributed by atoms with Crippen molar-refractivity contribution >= 4 is 0 Å². The molecule has 0 radical (unpaired) electrons. The molecule has 0 N–H and O–H groups in total. The van der Waals surface area contributed by atoms with Gasteiger partial charge >= 0.3 is 0 Å². The predicted molar refractivity (Wildman–Crippen MR) is 168 cm³/mol. The van der Waals surface area contributed by atoms with Gasteiger partial charge in [-0.1, -0.05) is 111 Å². The number of hydrogen-bond donors (Lipinski definition) is 0. The van der Waals surface area contributed by atoms with E-state index in [0.29, 0.717) is 21.7 Å². The van der Waals surface area contributed by atoms with E-state index in [0.717, 1.165) is 82.9 Å². The molecule has 0 aromatic carbocycles. The summed E-state index contributed by atoms with van der Waals surface area (Å²) in [6, 6.07) is 0. The predicted octanol–water partition coefficient (Wildman–Crippen LogP) is 11.5. The second-order valence-electron chi connectivity index (χ2n) is 18.9. The average molecular weight is 527 g/mol. The third-order valence-corrected chi connectivity index (χ3v) is 15.6. The molecule has 15 unspecified atom stereocenters. The summed E-state index contributed by atoms with van der Waals surface area (Å²) in [5.74, 6) is 11.8. The lowest BCUT2D eigenvalue weighted by Crippen LogP contribution is -2.67. The van der Waals surface area contributed by atoms with Crippen LogP contribution >= 0.6 is 0 Å². The van der Waals surface area contributed by atoms with E-state index >= 15 is 0 Å². The zero-order valence-electron chi connectivity index (χ0n) is 28.9. The molecule has 4 aliphatic carbocycles. The van der Waals surface area contributed by atoms with E-state index in [1.807, 2.05) is 0 Å². The molecule has 0 aliphatic heterocycles. The summed E-state index contributed by atoms with van der Waals surface area (Å²) >= 11 is 0. The fourth-order valence-corrected chi connectivity index (χ4v) is 14.1. The van der Waals surface area contributed by atoms with Crippen molar-refractivity contribution in [2.45, 2.75) is 136 Å². The Bertz CT molecular complexity index is 845. The van der Waals surface area contributed by atoms with Gasteiger partial charge in [-0.3, -0.25) is 0 Å². The second-order valence-corrected chi connectivity index (χ2v) is 18.9. The molecule has 0 nitrogen and oxygen atoms in total. The molecular weight excluding hydrogens is 456 g/mol. The van der Waals surface area contributed by atoms with E-state index in [2.05, 4.69) is 111 Å². The quantitative estimate of drug-likeness (QED) is 0.343. The SMILES string of the molecule is CC(C)C(C)C1CC(C(C)(C)C)C(C)C2C(C)C3C(C)C4(C)C(C)C(C(C)C)C(C)CC4(C)CC3(C)CC12. The van der Waals surface area contributed by atoms with E-state index in [1.54, 1.807) is 0 Å². The molecule has 0 aromatic rings. The van der Waals surface area contributed by atoms with Gasteiger partial charge < -0.3 is 0 Å². The Balaban J connectivity index is 1.81. The normalized spacial score (nSPS) is 54.3. The summed E-state index contributed by atoms with van der Waals surface area (Å²) in [4.78, 5) is 0. The van der Waals surface area contributed by atoms with Gasteiger partial charge in [0.25, 0.3) is 0 Å². The first-order chi connectivity index (χ1) is 17.2. The van der Waals surface area contributed by atoms with Crippen LogP contribution in [0.2, 0.25) is 0 Å². The van der Waals surface area contributed by atoms with Gasteiger partial charge in [0.15, 0.2) is 0 Å². The van der Waals surface area contributed by atoms with Crippen LogP contribution in [0.25, 0.3) is 0 Å². The zero-order chi connectivity index (χ0) is 28.9. The molecule has 4 rings (SSSR count). The number of rotatable bonds is 3. The first-order valence-electron chi connectivity index (χ1n) is 17.2. The standard InChI is InChI=1S/C38H70/c1-21(2)24(6)29-17-31(35(11,12)13)25(7)33-26(8)34-28(10)38(16)27(9)32(22(3)4)23(5)18-37(38,15)20-36(34,14)19-30(29)33/h21-34H,17-20H2,1-16H3. The highest BCUT2D eigenvalue weighted by Gasteiger charge is 2.69. The van der Waals surface area contributed by atoms with Gasteiger partial charge in [-0.15, -0.1) is 0 Å². The maximum absolute atomic E-state index is 2.80. The minimum Gasteiger partial charge on any atom is -0.0625 e. The lowest BCUT2D eigenvalue weighted by Gasteiger charge is -2.73. The minimum absolute atomic E-state index is 0.404. The van der Waals surface area contributed by atoms with Crippen LogP contribution < -0.4 is 0 Å². The van der Waals surface area contributed by atoms with Crippen LogP contribution in [-0.4, -0.2) is 0 Å². The molecule has 0 amide bonds. The Hall–Kier alpha value is 0. The smallest absolute Gasteiger partial charge is 0.0215 e. The minimum atomic E-state index is 0.404. The van der Waals surface area contributed by atoms with Crippen molar-refractivity contribution in [2.75, 3.05) is 0 Å². The summed E-state index contributed by atoms with van der Waals surface area (Å²) in [5, 5.41) is 0. The fraction of sp³-hybridized carbons (Fsp3) is 1.00. The van der Waals surface area contributed by atoms with Crippen LogP contribution in [0.3, 0.4) is 0 Å². The Morgan fingerprint density at radius 1 is 0.763 bits per heavy atom. The topological polar surface area (TPSA) is 0 Å². The first kappa shape index (κ1) is 30.9. The fourth-order valence-electron chi connectivity index (χ4n) is 14.1. The molecule has 0 bridgehead atoms. The van der Waals surface area contributed by atoms with Gasteiger partial charge in [0.05, 0.1) is 0 Å². The van der Waals surface area contributed by atoms with E-state index in [4.69, 9.17) is 0 Å². The summed E-state index contributed by atoms with van der Waals surface area (Å²) in [5.41, 5.74) is 1.79. The summed E-state index contributed by atoms with van der Waals surface area (Å²) < 4.78 is 0. The van der Waals surface area contributed by atoms with Crippen LogP contribution in [0.1, 0.15) is 136 Å².